The van der Waals surface area contributed by atoms with Crippen LogP contribution in [0.4, 0.5) is 5.69 Å². The Bertz CT molecular complexity index is 543. The Labute approximate surface area is 123 Å². The van der Waals surface area contributed by atoms with E-state index < -0.39 is 10.0 Å². The van der Waals surface area contributed by atoms with Gasteiger partial charge in [0.15, 0.2) is 0 Å². The van der Waals surface area contributed by atoms with Crippen molar-refractivity contribution < 1.29 is 8.42 Å². The van der Waals surface area contributed by atoms with Crippen LogP contribution in [-0.2, 0) is 10.0 Å². The molecule has 0 aromatic heterocycles. The van der Waals surface area contributed by atoms with Gasteiger partial charge < -0.3 is 5.32 Å². The SMILES string of the molecule is O=S(=O)(CC1CCCCN1)Nc1ccc(Cl)c(Cl)c1. The average Bonchev–Trinajstić information content (AvgIpc) is 2.34. The van der Waals surface area contributed by atoms with E-state index in [1.165, 1.54) is 6.07 Å². The molecule has 4 nitrogen and oxygen atoms in total. The van der Waals surface area contributed by atoms with Gasteiger partial charge >= 0.3 is 0 Å². The molecule has 106 valence electrons. The fourth-order valence-corrected chi connectivity index (χ4v) is 3.79. The first-order chi connectivity index (χ1) is 8.96. The summed E-state index contributed by atoms with van der Waals surface area (Å²) in [4.78, 5) is 0. The summed E-state index contributed by atoms with van der Waals surface area (Å²) in [5.74, 6) is 0.0766. The summed E-state index contributed by atoms with van der Waals surface area (Å²) in [7, 11) is -3.38. The van der Waals surface area contributed by atoms with E-state index in [1.54, 1.807) is 12.1 Å². The molecule has 1 aliphatic rings. The third kappa shape index (κ3) is 4.53. The maximum Gasteiger partial charge on any atom is 0.234 e. The number of sulfonamides is 1. The molecule has 0 amide bonds. The topological polar surface area (TPSA) is 58.2 Å². The maximum absolute atomic E-state index is 12.0. The lowest BCUT2D eigenvalue weighted by molar-refractivity contribution is 0.424. The zero-order valence-corrected chi connectivity index (χ0v) is 12.7. The Morgan fingerprint density at radius 2 is 2.05 bits per heavy atom. The second kappa shape index (κ2) is 6.31. The molecule has 1 atom stereocenters. The zero-order valence-electron chi connectivity index (χ0n) is 10.3. The molecule has 1 aromatic carbocycles. The van der Waals surface area contributed by atoms with Crippen molar-refractivity contribution in [1.82, 2.24) is 5.32 Å². The molecule has 1 fully saturated rings. The molecule has 0 spiro atoms. The lowest BCUT2D eigenvalue weighted by atomic mass is 10.1. The highest BCUT2D eigenvalue weighted by atomic mass is 35.5. The largest absolute Gasteiger partial charge is 0.313 e. The van der Waals surface area contributed by atoms with Gasteiger partial charge in [0.25, 0.3) is 0 Å². The van der Waals surface area contributed by atoms with E-state index in [-0.39, 0.29) is 11.8 Å². The van der Waals surface area contributed by atoms with Crippen molar-refractivity contribution in [2.75, 3.05) is 17.0 Å². The van der Waals surface area contributed by atoms with Crippen LogP contribution < -0.4 is 10.0 Å². The van der Waals surface area contributed by atoms with Gasteiger partial charge in [0, 0.05) is 6.04 Å². The van der Waals surface area contributed by atoms with E-state index in [0.717, 1.165) is 25.8 Å². The van der Waals surface area contributed by atoms with Crippen molar-refractivity contribution in [2.45, 2.75) is 25.3 Å². The molecule has 0 saturated carbocycles. The lowest BCUT2D eigenvalue weighted by Gasteiger charge is -2.23. The summed E-state index contributed by atoms with van der Waals surface area (Å²) < 4.78 is 26.6. The van der Waals surface area contributed by atoms with Gasteiger partial charge in [-0.25, -0.2) is 8.42 Å². The van der Waals surface area contributed by atoms with Crippen LogP contribution >= 0.6 is 23.2 Å². The molecule has 0 radical (unpaired) electrons. The molecular formula is C12H16Cl2N2O2S. The molecule has 1 aromatic rings. The van der Waals surface area contributed by atoms with E-state index in [1.807, 2.05) is 0 Å². The molecular weight excluding hydrogens is 307 g/mol. The van der Waals surface area contributed by atoms with Crippen molar-refractivity contribution in [1.29, 1.82) is 0 Å². The Morgan fingerprint density at radius 3 is 2.68 bits per heavy atom. The van der Waals surface area contributed by atoms with Crippen LogP contribution in [0.1, 0.15) is 19.3 Å². The smallest absolute Gasteiger partial charge is 0.234 e. The standard InChI is InChI=1S/C12H16Cl2N2O2S/c13-11-5-4-9(7-12(11)14)16-19(17,18)8-10-3-1-2-6-15-10/h4-5,7,10,15-16H,1-3,6,8H2. The number of hydrogen-bond donors (Lipinski definition) is 2. The second-order valence-corrected chi connectivity index (χ2v) is 7.24. The van der Waals surface area contributed by atoms with Gasteiger partial charge in [0.2, 0.25) is 10.0 Å². The third-order valence-corrected chi connectivity index (χ3v) is 5.15. The predicted molar refractivity (Wildman–Crippen MR) is 79.5 cm³/mol. The van der Waals surface area contributed by atoms with Gasteiger partial charge in [-0.1, -0.05) is 29.6 Å². The number of nitrogens with one attached hydrogen (secondary N) is 2. The fraction of sp³-hybridized carbons (Fsp3) is 0.500. The van der Waals surface area contributed by atoms with Crippen molar-refractivity contribution in [3.05, 3.63) is 28.2 Å². The molecule has 1 unspecified atom stereocenters. The number of rotatable bonds is 4. The number of hydrogen-bond acceptors (Lipinski definition) is 3. The Kier molecular flexibility index (Phi) is 4.95. The second-order valence-electron chi connectivity index (χ2n) is 4.66. The molecule has 0 aliphatic carbocycles. The van der Waals surface area contributed by atoms with Gasteiger partial charge in [-0.15, -0.1) is 0 Å². The van der Waals surface area contributed by atoms with Gasteiger partial charge in [-0.2, -0.15) is 0 Å². The summed E-state index contributed by atoms with van der Waals surface area (Å²) >= 11 is 11.6. The van der Waals surface area contributed by atoms with Crippen LogP contribution in [0.15, 0.2) is 18.2 Å². The molecule has 2 N–H and O–H groups in total. The summed E-state index contributed by atoms with van der Waals surface area (Å²) in [6.45, 7) is 0.882. The third-order valence-electron chi connectivity index (χ3n) is 3.03. The van der Waals surface area contributed by atoms with Crippen LogP contribution in [0.25, 0.3) is 0 Å². The van der Waals surface area contributed by atoms with Gasteiger partial charge in [0.1, 0.15) is 0 Å². The zero-order chi connectivity index (χ0) is 13.9. The van der Waals surface area contributed by atoms with E-state index in [9.17, 15) is 8.42 Å². The first-order valence-corrected chi connectivity index (χ1v) is 8.56. The summed E-state index contributed by atoms with van der Waals surface area (Å²) in [5.41, 5.74) is 0.435. The first kappa shape index (κ1) is 14.9. The van der Waals surface area contributed by atoms with E-state index >= 15 is 0 Å². The van der Waals surface area contributed by atoms with Crippen molar-refractivity contribution in [3.63, 3.8) is 0 Å². The monoisotopic (exact) mass is 322 g/mol. The summed E-state index contributed by atoms with van der Waals surface area (Å²) in [6.07, 6.45) is 3.07. The minimum Gasteiger partial charge on any atom is -0.313 e. The molecule has 19 heavy (non-hydrogen) atoms. The van der Waals surface area contributed by atoms with Crippen molar-refractivity contribution in [2.24, 2.45) is 0 Å². The average molecular weight is 323 g/mol. The first-order valence-electron chi connectivity index (χ1n) is 6.15. The van der Waals surface area contributed by atoms with Crippen molar-refractivity contribution in [3.8, 4) is 0 Å². The van der Waals surface area contributed by atoms with Gasteiger partial charge in [-0.05, 0) is 37.6 Å². The van der Waals surface area contributed by atoms with Crippen molar-refractivity contribution >= 4 is 38.9 Å². The molecule has 2 rings (SSSR count). The highest BCUT2D eigenvalue weighted by Crippen LogP contribution is 2.25. The lowest BCUT2D eigenvalue weighted by Crippen LogP contribution is -2.40. The Morgan fingerprint density at radius 1 is 1.26 bits per heavy atom. The number of anilines is 1. The molecule has 0 bridgehead atoms. The van der Waals surface area contributed by atoms with Crippen LogP contribution in [0, 0.1) is 0 Å². The minimum atomic E-state index is -3.38. The minimum absolute atomic E-state index is 0.0222. The van der Waals surface area contributed by atoms with Crippen LogP contribution in [0.2, 0.25) is 10.0 Å². The van der Waals surface area contributed by atoms with E-state index in [0.29, 0.717) is 15.7 Å². The van der Waals surface area contributed by atoms with E-state index in [4.69, 9.17) is 23.2 Å². The highest BCUT2D eigenvalue weighted by molar-refractivity contribution is 7.92. The van der Waals surface area contributed by atoms with Crippen LogP contribution in [-0.4, -0.2) is 26.8 Å². The molecule has 1 saturated heterocycles. The fourth-order valence-electron chi connectivity index (χ4n) is 2.11. The Balaban J connectivity index is 2.01. The highest BCUT2D eigenvalue weighted by Gasteiger charge is 2.21. The number of benzene rings is 1. The quantitative estimate of drug-likeness (QED) is 0.896. The molecule has 1 aliphatic heterocycles. The molecule has 1 heterocycles. The summed E-state index contributed by atoms with van der Waals surface area (Å²) in [5, 5.41) is 3.95. The van der Waals surface area contributed by atoms with E-state index in [2.05, 4.69) is 10.0 Å². The molecule has 7 heteroatoms. The van der Waals surface area contributed by atoms with Gasteiger partial charge in [0.05, 0.1) is 21.5 Å². The van der Waals surface area contributed by atoms with Gasteiger partial charge in [-0.3, -0.25) is 4.72 Å². The normalized spacial score (nSPS) is 20.2. The maximum atomic E-state index is 12.0. The number of halogens is 2. The van der Waals surface area contributed by atoms with Crippen LogP contribution in [0.5, 0.6) is 0 Å². The summed E-state index contributed by atoms with van der Waals surface area (Å²) in [6, 6.07) is 4.70. The van der Waals surface area contributed by atoms with Crippen LogP contribution in [0.3, 0.4) is 0 Å². The number of piperidine rings is 1. The predicted octanol–water partition coefficient (Wildman–Crippen LogP) is 2.88. The Hall–Kier alpha value is -0.490.